The van der Waals surface area contributed by atoms with Crippen molar-refractivity contribution in [1.29, 1.82) is 0 Å². The van der Waals surface area contributed by atoms with Gasteiger partial charge in [-0.05, 0) is 29.6 Å². The molecule has 0 bridgehead atoms. The van der Waals surface area contributed by atoms with Crippen LogP contribution in [-0.4, -0.2) is 11.7 Å². The molecule has 1 fully saturated rings. The van der Waals surface area contributed by atoms with Crippen molar-refractivity contribution in [2.45, 2.75) is 40.5 Å². The van der Waals surface area contributed by atoms with E-state index in [4.69, 9.17) is 0 Å². The van der Waals surface area contributed by atoms with E-state index in [1.807, 2.05) is 0 Å². The fourth-order valence-electron chi connectivity index (χ4n) is 2.27. The van der Waals surface area contributed by atoms with Gasteiger partial charge in [-0.15, -0.1) is 0 Å². The lowest BCUT2D eigenvalue weighted by Gasteiger charge is -2.19. The second kappa shape index (κ2) is 2.48. The van der Waals surface area contributed by atoms with E-state index in [1.54, 1.807) is 0 Å². The number of aliphatic hydroxyl groups is 1. The molecule has 1 saturated carbocycles. The van der Waals surface area contributed by atoms with E-state index >= 15 is 0 Å². The first-order valence-electron chi connectivity index (χ1n) is 4.54. The highest BCUT2D eigenvalue weighted by Gasteiger charge is 2.60. The van der Waals surface area contributed by atoms with Crippen molar-refractivity contribution in [3.05, 3.63) is 0 Å². The molecule has 0 heterocycles. The van der Waals surface area contributed by atoms with Gasteiger partial charge in [-0.25, -0.2) is 0 Å². The Kier molecular flexibility index (Phi) is 2.04. The van der Waals surface area contributed by atoms with E-state index in [0.29, 0.717) is 17.9 Å². The largest absolute Gasteiger partial charge is 0.396 e. The molecule has 0 aromatic rings. The molecule has 0 amide bonds. The predicted octanol–water partition coefficient (Wildman–Crippen LogP) is 2.44. The quantitative estimate of drug-likeness (QED) is 0.665. The minimum atomic E-state index is 0.265. The third-order valence-electron chi connectivity index (χ3n) is 3.19. The second-order valence-electron chi connectivity index (χ2n) is 5.10. The van der Waals surface area contributed by atoms with Crippen LogP contribution in [0.15, 0.2) is 0 Å². The van der Waals surface area contributed by atoms with Crippen LogP contribution in [0, 0.1) is 16.7 Å². The maximum absolute atomic E-state index is 9.24. The molecule has 1 N–H and O–H groups in total. The van der Waals surface area contributed by atoms with Crippen LogP contribution in [0.3, 0.4) is 0 Å². The zero-order chi connectivity index (χ0) is 8.70. The summed E-state index contributed by atoms with van der Waals surface area (Å²) in [6, 6.07) is 0. The van der Waals surface area contributed by atoms with Gasteiger partial charge in [0.2, 0.25) is 0 Å². The molecule has 1 unspecified atom stereocenters. The van der Waals surface area contributed by atoms with E-state index < -0.39 is 0 Å². The maximum Gasteiger partial charge on any atom is 0.0492 e. The molecule has 1 heteroatoms. The van der Waals surface area contributed by atoms with Crippen LogP contribution in [0.1, 0.15) is 40.5 Å². The summed E-state index contributed by atoms with van der Waals surface area (Å²) in [6.07, 6.45) is 2.38. The fraction of sp³-hybridized carbons (Fsp3) is 1.00. The third-order valence-corrected chi connectivity index (χ3v) is 3.19. The van der Waals surface area contributed by atoms with Crippen LogP contribution in [0.2, 0.25) is 0 Å². The Balaban J connectivity index is 2.53. The lowest BCUT2D eigenvalue weighted by Crippen LogP contribution is -2.16. The van der Waals surface area contributed by atoms with Crippen molar-refractivity contribution in [1.82, 2.24) is 0 Å². The standard InChI is InChI=1S/C10H20O/c1-8(2)5-10(7-11)6-9(10,3)4/h8,11H,5-7H2,1-4H3. The molecular weight excluding hydrogens is 136 g/mol. The molecule has 0 saturated heterocycles. The van der Waals surface area contributed by atoms with Crippen LogP contribution in [-0.2, 0) is 0 Å². The van der Waals surface area contributed by atoms with Crippen LogP contribution in [0.4, 0.5) is 0 Å². The number of aliphatic hydroxyl groups excluding tert-OH is 1. The second-order valence-corrected chi connectivity index (χ2v) is 5.10. The topological polar surface area (TPSA) is 20.2 Å². The summed E-state index contributed by atoms with van der Waals surface area (Å²) in [6.45, 7) is 9.34. The normalized spacial score (nSPS) is 34.4. The Hall–Kier alpha value is -0.0400. The van der Waals surface area contributed by atoms with E-state index in [2.05, 4.69) is 27.7 Å². The van der Waals surface area contributed by atoms with Gasteiger partial charge in [-0.3, -0.25) is 0 Å². The molecular formula is C10H20O. The van der Waals surface area contributed by atoms with E-state index in [-0.39, 0.29) is 5.41 Å². The minimum Gasteiger partial charge on any atom is -0.396 e. The monoisotopic (exact) mass is 156 g/mol. The molecule has 1 aliphatic carbocycles. The summed E-state index contributed by atoms with van der Waals surface area (Å²) >= 11 is 0. The van der Waals surface area contributed by atoms with Crippen LogP contribution in [0.25, 0.3) is 0 Å². The Bertz CT molecular complexity index is 149. The van der Waals surface area contributed by atoms with Gasteiger partial charge in [0.15, 0.2) is 0 Å². The van der Waals surface area contributed by atoms with Gasteiger partial charge in [0.05, 0.1) is 0 Å². The Morgan fingerprint density at radius 3 is 1.91 bits per heavy atom. The first kappa shape index (κ1) is 9.05. The lowest BCUT2D eigenvalue weighted by atomic mass is 9.88. The first-order valence-corrected chi connectivity index (χ1v) is 4.54. The summed E-state index contributed by atoms with van der Waals surface area (Å²) < 4.78 is 0. The van der Waals surface area contributed by atoms with Crippen molar-refractivity contribution in [3.8, 4) is 0 Å². The lowest BCUT2D eigenvalue weighted by molar-refractivity contribution is 0.158. The van der Waals surface area contributed by atoms with Crippen molar-refractivity contribution in [3.63, 3.8) is 0 Å². The summed E-state index contributed by atoms with van der Waals surface area (Å²) in [5, 5.41) is 9.24. The van der Waals surface area contributed by atoms with Gasteiger partial charge in [0, 0.05) is 6.61 Å². The average Bonchev–Trinajstić information content (AvgIpc) is 2.33. The van der Waals surface area contributed by atoms with Crippen molar-refractivity contribution in [2.75, 3.05) is 6.61 Å². The van der Waals surface area contributed by atoms with Crippen LogP contribution >= 0.6 is 0 Å². The number of hydrogen-bond acceptors (Lipinski definition) is 1. The van der Waals surface area contributed by atoms with Gasteiger partial charge >= 0.3 is 0 Å². The van der Waals surface area contributed by atoms with Crippen molar-refractivity contribution >= 4 is 0 Å². The molecule has 0 aromatic heterocycles. The minimum absolute atomic E-state index is 0.265. The zero-order valence-corrected chi connectivity index (χ0v) is 8.15. The number of rotatable bonds is 3. The van der Waals surface area contributed by atoms with Gasteiger partial charge in [-0.2, -0.15) is 0 Å². The Labute approximate surface area is 69.8 Å². The molecule has 0 spiro atoms. The van der Waals surface area contributed by atoms with E-state index in [9.17, 15) is 5.11 Å². The molecule has 1 nitrogen and oxygen atoms in total. The van der Waals surface area contributed by atoms with E-state index in [1.165, 1.54) is 12.8 Å². The summed E-state index contributed by atoms with van der Waals surface area (Å²) in [5.74, 6) is 0.712. The molecule has 0 aliphatic heterocycles. The highest BCUT2D eigenvalue weighted by atomic mass is 16.3. The van der Waals surface area contributed by atoms with Crippen LogP contribution < -0.4 is 0 Å². The highest BCUT2D eigenvalue weighted by molar-refractivity contribution is 5.09. The zero-order valence-electron chi connectivity index (χ0n) is 8.15. The van der Waals surface area contributed by atoms with Gasteiger partial charge in [0.25, 0.3) is 0 Å². The average molecular weight is 156 g/mol. The van der Waals surface area contributed by atoms with Gasteiger partial charge in [0.1, 0.15) is 0 Å². The summed E-state index contributed by atoms with van der Waals surface area (Å²) in [7, 11) is 0. The molecule has 1 aliphatic rings. The molecule has 11 heavy (non-hydrogen) atoms. The van der Waals surface area contributed by atoms with E-state index in [0.717, 1.165) is 0 Å². The molecule has 1 rings (SSSR count). The third kappa shape index (κ3) is 1.44. The molecule has 66 valence electrons. The van der Waals surface area contributed by atoms with Gasteiger partial charge in [-0.1, -0.05) is 27.7 Å². The van der Waals surface area contributed by atoms with Crippen molar-refractivity contribution in [2.24, 2.45) is 16.7 Å². The predicted molar refractivity (Wildman–Crippen MR) is 47.4 cm³/mol. The van der Waals surface area contributed by atoms with Gasteiger partial charge < -0.3 is 5.11 Å². The Morgan fingerprint density at radius 2 is 1.82 bits per heavy atom. The smallest absolute Gasteiger partial charge is 0.0492 e. The van der Waals surface area contributed by atoms with Crippen molar-refractivity contribution < 1.29 is 5.11 Å². The molecule has 0 aromatic carbocycles. The molecule has 1 atom stereocenters. The highest BCUT2D eigenvalue weighted by Crippen LogP contribution is 2.65. The Morgan fingerprint density at radius 1 is 1.36 bits per heavy atom. The number of hydrogen-bond donors (Lipinski definition) is 1. The SMILES string of the molecule is CC(C)CC1(CO)CC1(C)C. The maximum atomic E-state index is 9.24. The summed E-state index contributed by atoms with van der Waals surface area (Å²) in [5.41, 5.74) is 0.660. The molecule has 0 radical (unpaired) electrons. The first-order chi connectivity index (χ1) is 4.93. The summed E-state index contributed by atoms with van der Waals surface area (Å²) in [4.78, 5) is 0. The van der Waals surface area contributed by atoms with Crippen LogP contribution in [0.5, 0.6) is 0 Å². The fourth-order valence-corrected chi connectivity index (χ4v) is 2.27.